The molecule has 1 aliphatic rings. The maximum atomic E-state index is 12.1. The van der Waals surface area contributed by atoms with Crippen molar-refractivity contribution in [3.8, 4) is 0 Å². The summed E-state index contributed by atoms with van der Waals surface area (Å²) in [4.78, 5) is 0.267. The molecule has 1 aliphatic carbocycles. The SMILES string of the molecule is Cc1cc(N)ccc1S(=O)(=O)NCCOCC1CC1. The molecule has 6 heteroatoms. The van der Waals surface area contributed by atoms with Gasteiger partial charge < -0.3 is 10.5 Å². The van der Waals surface area contributed by atoms with Crippen LogP contribution in [0, 0.1) is 12.8 Å². The van der Waals surface area contributed by atoms with Crippen molar-refractivity contribution >= 4 is 15.7 Å². The molecule has 106 valence electrons. The van der Waals surface area contributed by atoms with Crippen LogP contribution in [0.1, 0.15) is 18.4 Å². The van der Waals surface area contributed by atoms with Gasteiger partial charge in [-0.3, -0.25) is 0 Å². The van der Waals surface area contributed by atoms with Crippen molar-refractivity contribution in [2.45, 2.75) is 24.7 Å². The van der Waals surface area contributed by atoms with Gasteiger partial charge in [0.15, 0.2) is 0 Å². The van der Waals surface area contributed by atoms with Gasteiger partial charge in [0.2, 0.25) is 10.0 Å². The number of hydrogen-bond donors (Lipinski definition) is 2. The molecular weight excluding hydrogens is 264 g/mol. The van der Waals surface area contributed by atoms with E-state index < -0.39 is 10.0 Å². The molecule has 1 saturated carbocycles. The first kappa shape index (κ1) is 14.3. The number of sulfonamides is 1. The summed E-state index contributed by atoms with van der Waals surface area (Å²) < 4.78 is 32.1. The Morgan fingerprint density at radius 1 is 1.42 bits per heavy atom. The van der Waals surface area contributed by atoms with E-state index in [1.807, 2.05) is 0 Å². The average Bonchev–Trinajstić information content (AvgIpc) is 3.11. The molecule has 5 nitrogen and oxygen atoms in total. The van der Waals surface area contributed by atoms with Crippen molar-refractivity contribution in [1.29, 1.82) is 0 Å². The summed E-state index contributed by atoms with van der Waals surface area (Å²) >= 11 is 0. The number of nitrogen functional groups attached to an aromatic ring is 1. The number of rotatable bonds is 7. The maximum Gasteiger partial charge on any atom is 0.240 e. The molecule has 3 N–H and O–H groups in total. The largest absolute Gasteiger partial charge is 0.399 e. The van der Waals surface area contributed by atoms with E-state index in [9.17, 15) is 8.42 Å². The first-order chi connectivity index (χ1) is 8.99. The molecule has 0 saturated heterocycles. The minimum Gasteiger partial charge on any atom is -0.399 e. The maximum absolute atomic E-state index is 12.1. The summed E-state index contributed by atoms with van der Waals surface area (Å²) in [6.07, 6.45) is 2.46. The summed E-state index contributed by atoms with van der Waals surface area (Å²) in [5.41, 5.74) is 6.81. The fourth-order valence-corrected chi connectivity index (χ4v) is 3.07. The predicted molar refractivity (Wildman–Crippen MR) is 74.3 cm³/mol. The molecule has 19 heavy (non-hydrogen) atoms. The third-order valence-electron chi connectivity index (χ3n) is 3.08. The number of aryl methyl sites for hydroxylation is 1. The van der Waals surface area contributed by atoms with E-state index >= 15 is 0 Å². The molecular formula is C13H20N2O3S. The van der Waals surface area contributed by atoms with Crippen LogP contribution >= 0.6 is 0 Å². The second-order valence-corrected chi connectivity index (χ2v) is 6.68. The smallest absolute Gasteiger partial charge is 0.240 e. The Morgan fingerprint density at radius 3 is 2.79 bits per heavy atom. The lowest BCUT2D eigenvalue weighted by Gasteiger charge is -2.10. The highest BCUT2D eigenvalue weighted by Crippen LogP contribution is 2.28. The van der Waals surface area contributed by atoms with Crippen LogP contribution in [0.3, 0.4) is 0 Å². The van der Waals surface area contributed by atoms with E-state index in [1.165, 1.54) is 18.9 Å². The summed E-state index contributed by atoms with van der Waals surface area (Å²) in [7, 11) is -3.48. The van der Waals surface area contributed by atoms with Crippen molar-refractivity contribution in [2.24, 2.45) is 5.92 Å². The van der Waals surface area contributed by atoms with E-state index in [0.29, 0.717) is 30.3 Å². The van der Waals surface area contributed by atoms with Gasteiger partial charge in [0, 0.05) is 18.8 Å². The normalized spacial score (nSPS) is 15.6. The van der Waals surface area contributed by atoms with Crippen molar-refractivity contribution in [2.75, 3.05) is 25.5 Å². The zero-order valence-electron chi connectivity index (χ0n) is 11.1. The first-order valence-electron chi connectivity index (χ1n) is 6.42. The summed E-state index contributed by atoms with van der Waals surface area (Å²) in [5, 5.41) is 0. The second-order valence-electron chi connectivity index (χ2n) is 4.94. The van der Waals surface area contributed by atoms with E-state index in [2.05, 4.69) is 4.72 Å². The standard InChI is InChI=1S/C13H20N2O3S/c1-10-8-12(14)4-5-13(10)19(16,17)15-6-7-18-9-11-2-3-11/h4-5,8,11,15H,2-3,6-7,9,14H2,1H3. The van der Waals surface area contributed by atoms with Gasteiger partial charge in [-0.25, -0.2) is 13.1 Å². The number of benzene rings is 1. The molecule has 0 radical (unpaired) electrons. The highest BCUT2D eigenvalue weighted by Gasteiger charge is 2.21. The predicted octanol–water partition coefficient (Wildman–Crippen LogP) is 1.28. The molecule has 0 spiro atoms. The van der Waals surface area contributed by atoms with Gasteiger partial charge in [-0.1, -0.05) is 0 Å². The average molecular weight is 284 g/mol. The monoisotopic (exact) mass is 284 g/mol. The zero-order chi connectivity index (χ0) is 13.9. The lowest BCUT2D eigenvalue weighted by atomic mass is 10.2. The molecule has 0 aliphatic heterocycles. The van der Waals surface area contributed by atoms with Crippen LogP contribution in [0.25, 0.3) is 0 Å². The number of anilines is 1. The third-order valence-corrected chi connectivity index (χ3v) is 4.70. The van der Waals surface area contributed by atoms with Crippen molar-refractivity contribution < 1.29 is 13.2 Å². The number of nitrogens with two attached hydrogens (primary N) is 1. The fraction of sp³-hybridized carbons (Fsp3) is 0.538. The zero-order valence-corrected chi connectivity index (χ0v) is 11.9. The van der Waals surface area contributed by atoms with Gasteiger partial charge >= 0.3 is 0 Å². The van der Waals surface area contributed by atoms with Crippen LogP contribution in [0.4, 0.5) is 5.69 Å². The Labute approximate surface area is 114 Å². The van der Waals surface area contributed by atoms with Crippen LogP contribution < -0.4 is 10.5 Å². The minimum atomic E-state index is -3.48. The van der Waals surface area contributed by atoms with Crippen LogP contribution in [0.15, 0.2) is 23.1 Å². The Hall–Kier alpha value is -1.11. The number of nitrogens with one attached hydrogen (secondary N) is 1. The van der Waals surface area contributed by atoms with Crippen molar-refractivity contribution in [3.63, 3.8) is 0 Å². The van der Waals surface area contributed by atoms with Crippen LogP contribution in [0.2, 0.25) is 0 Å². The fourth-order valence-electron chi connectivity index (χ4n) is 1.83. The Bertz CT molecular complexity index is 539. The van der Waals surface area contributed by atoms with Gasteiger partial charge in [-0.05, 0) is 49.4 Å². The van der Waals surface area contributed by atoms with E-state index in [0.717, 1.165) is 6.61 Å². The minimum absolute atomic E-state index is 0.267. The third kappa shape index (κ3) is 4.19. The molecule has 1 aromatic carbocycles. The van der Waals surface area contributed by atoms with Crippen molar-refractivity contribution in [3.05, 3.63) is 23.8 Å². The molecule has 0 heterocycles. The van der Waals surface area contributed by atoms with Gasteiger partial charge in [0.05, 0.1) is 11.5 Å². The van der Waals surface area contributed by atoms with Gasteiger partial charge in [0.25, 0.3) is 0 Å². The first-order valence-corrected chi connectivity index (χ1v) is 7.91. The number of ether oxygens (including phenoxy) is 1. The quantitative estimate of drug-likeness (QED) is 0.584. The van der Waals surface area contributed by atoms with E-state index in [1.54, 1.807) is 19.1 Å². The molecule has 1 fully saturated rings. The molecule has 0 bridgehead atoms. The Kier molecular flexibility index (Phi) is 4.44. The Balaban J connectivity index is 1.86. The summed E-state index contributed by atoms with van der Waals surface area (Å²) in [6, 6.07) is 4.77. The van der Waals surface area contributed by atoms with Crippen LogP contribution in [-0.4, -0.2) is 28.2 Å². The highest BCUT2D eigenvalue weighted by atomic mass is 32.2. The lowest BCUT2D eigenvalue weighted by molar-refractivity contribution is 0.129. The highest BCUT2D eigenvalue weighted by molar-refractivity contribution is 7.89. The second kappa shape index (κ2) is 5.90. The summed E-state index contributed by atoms with van der Waals surface area (Å²) in [5.74, 6) is 0.691. The Morgan fingerprint density at radius 2 is 2.16 bits per heavy atom. The topological polar surface area (TPSA) is 81.4 Å². The van der Waals surface area contributed by atoms with Gasteiger partial charge in [-0.15, -0.1) is 0 Å². The van der Waals surface area contributed by atoms with Crippen LogP contribution in [-0.2, 0) is 14.8 Å². The van der Waals surface area contributed by atoms with E-state index in [4.69, 9.17) is 10.5 Å². The summed E-state index contributed by atoms with van der Waals surface area (Å²) in [6.45, 7) is 3.17. The molecule has 0 amide bonds. The number of hydrogen-bond acceptors (Lipinski definition) is 4. The molecule has 0 atom stereocenters. The van der Waals surface area contributed by atoms with Gasteiger partial charge in [0.1, 0.15) is 0 Å². The molecule has 0 unspecified atom stereocenters. The van der Waals surface area contributed by atoms with Crippen molar-refractivity contribution in [1.82, 2.24) is 4.72 Å². The lowest BCUT2D eigenvalue weighted by Crippen LogP contribution is -2.28. The molecule has 2 rings (SSSR count). The van der Waals surface area contributed by atoms with Crippen LogP contribution in [0.5, 0.6) is 0 Å². The van der Waals surface area contributed by atoms with Gasteiger partial charge in [-0.2, -0.15) is 0 Å². The van der Waals surface area contributed by atoms with E-state index in [-0.39, 0.29) is 4.90 Å². The molecule has 0 aromatic heterocycles. The molecule has 1 aromatic rings.